The van der Waals surface area contributed by atoms with Crippen molar-refractivity contribution < 1.29 is 23.5 Å². The Morgan fingerprint density at radius 1 is 1.22 bits per heavy atom. The van der Waals surface area contributed by atoms with Gasteiger partial charge in [0, 0.05) is 16.3 Å². The van der Waals surface area contributed by atoms with Crippen molar-refractivity contribution in [3.8, 4) is 0 Å². The Labute approximate surface area is 164 Å². The van der Waals surface area contributed by atoms with E-state index in [-0.39, 0.29) is 17.9 Å². The van der Waals surface area contributed by atoms with E-state index in [0.717, 1.165) is 10.3 Å². The molecule has 1 atom stereocenters. The van der Waals surface area contributed by atoms with Gasteiger partial charge in [-0.25, -0.2) is 4.39 Å². The normalized spacial score (nSPS) is 12.9. The van der Waals surface area contributed by atoms with Crippen LogP contribution in [0.15, 0.2) is 47.8 Å². The minimum absolute atomic E-state index is 0.170. The molecule has 3 aromatic rings. The van der Waals surface area contributed by atoms with Crippen LogP contribution in [0.3, 0.4) is 0 Å². The zero-order valence-electron chi connectivity index (χ0n) is 13.9. The Hall–Kier alpha value is -1.76. The highest BCUT2D eigenvalue weighted by Crippen LogP contribution is 2.54. The van der Waals surface area contributed by atoms with Crippen molar-refractivity contribution in [1.29, 1.82) is 0 Å². The molecule has 0 bridgehead atoms. The lowest BCUT2D eigenvalue weighted by atomic mass is 10.1. The predicted molar refractivity (Wildman–Crippen MR) is 105 cm³/mol. The van der Waals surface area contributed by atoms with Crippen molar-refractivity contribution in [3.05, 3.63) is 69.8 Å². The van der Waals surface area contributed by atoms with E-state index in [4.69, 9.17) is 11.6 Å². The summed E-state index contributed by atoms with van der Waals surface area (Å²) in [5, 5.41) is 5.11. The second-order valence-corrected chi connectivity index (χ2v) is 9.03. The first-order chi connectivity index (χ1) is 12.8. The fourth-order valence-corrected chi connectivity index (χ4v) is 5.00. The average Bonchev–Trinajstić information content (AvgIpc) is 2.98. The third-order valence-electron chi connectivity index (χ3n) is 4.07. The second kappa shape index (κ2) is 8.09. The molecule has 3 rings (SSSR count). The summed E-state index contributed by atoms with van der Waals surface area (Å²) in [5.41, 5.74) is -0.555. The third-order valence-corrected chi connectivity index (χ3v) is 6.47. The van der Waals surface area contributed by atoms with Crippen molar-refractivity contribution in [3.63, 3.8) is 0 Å². The van der Waals surface area contributed by atoms with Gasteiger partial charge in [0.2, 0.25) is 5.91 Å². The molecule has 3 N–H and O–H groups in total. The molecule has 0 aliphatic carbocycles. The fourth-order valence-electron chi connectivity index (χ4n) is 2.79. The zero-order valence-corrected chi connectivity index (χ0v) is 16.4. The Kier molecular flexibility index (Phi) is 5.99. The van der Waals surface area contributed by atoms with Crippen LogP contribution in [0, 0.1) is 5.82 Å². The minimum Gasteiger partial charge on any atom is -0.355 e. The van der Waals surface area contributed by atoms with E-state index in [2.05, 4.69) is 5.32 Å². The number of nitrogens with one attached hydrogen (secondary N) is 1. The number of fused-ring (bicyclic) bond motifs is 1. The van der Waals surface area contributed by atoms with Gasteiger partial charge in [-0.2, -0.15) is 0 Å². The summed E-state index contributed by atoms with van der Waals surface area (Å²) in [5.74, 6) is -1.11. The maximum atomic E-state index is 12.9. The Balaban J connectivity index is 1.80. The van der Waals surface area contributed by atoms with Crippen molar-refractivity contribution >= 4 is 46.5 Å². The van der Waals surface area contributed by atoms with E-state index < -0.39 is 19.2 Å². The van der Waals surface area contributed by atoms with Gasteiger partial charge < -0.3 is 15.1 Å². The van der Waals surface area contributed by atoms with Gasteiger partial charge in [0.15, 0.2) is 5.66 Å². The van der Waals surface area contributed by atoms with Crippen molar-refractivity contribution in [2.45, 2.75) is 12.1 Å². The lowest BCUT2D eigenvalue weighted by molar-refractivity contribution is -0.121. The highest BCUT2D eigenvalue weighted by Gasteiger charge is 2.38. The van der Waals surface area contributed by atoms with E-state index in [1.54, 1.807) is 35.7 Å². The van der Waals surface area contributed by atoms with Crippen LogP contribution in [0.1, 0.15) is 16.8 Å². The molecule has 2 aromatic carbocycles. The molecular weight excluding hydrogens is 412 g/mol. The fraction of sp³-hybridized carbons (Fsp3) is 0.167. The average molecular weight is 428 g/mol. The molecule has 1 unspecified atom stereocenters. The highest BCUT2D eigenvalue weighted by molar-refractivity contribution is 7.53. The Morgan fingerprint density at radius 2 is 1.93 bits per heavy atom. The van der Waals surface area contributed by atoms with Crippen molar-refractivity contribution in [2.75, 3.05) is 6.54 Å². The van der Waals surface area contributed by atoms with Gasteiger partial charge in [0.05, 0.1) is 0 Å². The quantitative estimate of drug-likeness (QED) is 0.513. The third kappa shape index (κ3) is 4.75. The molecule has 0 aliphatic rings. The van der Waals surface area contributed by atoms with Crippen LogP contribution in [0.2, 0.25) is 5.02 Å². The molecule has 9 heteroatoms. The number of carbonyl (C=O) groups excluding carboxylic acids is 1. The SMILES string of the molecule is O=C(NCCc1ccc(F)cc1)C(c1csc2ccc(Cl)cc12)P(=O)(O)O. The summed E-state index contributed by atoms with van der Waals surface area (Å²) in [6.45, 7) is 0.170. The summed E-state index contributed by atoms with van der Waals surface area (Å²) in [6.07, 6.45) is 0.413. The number of hydrogen-bond acceptors (Lipinski definition) is 3. The molecule has 0 radical (unpaired) electrons. The molecule has 1 aromatic heterocycles. The molecule has 0 spiro atoms. The smallest absolute Gasteiger partial charge is 0.342 e. The second-order valence-electron chi connectivity index (χ2n) is 5.99. The number of thiophene rings is 1. The number of carbonyl (C=O) groups is 1. The predicted octanol–water partition coefficient (Wildman–Crippen LogP) is 4.27. The van der Waals surface area contributed by atoms with Crippen LogP contribution in [-0.4, -0.2) is 22.2 Å². The van der Waals surface area contributed by atoms with E-state index in [1.165, 1.54) is 23.5 Å². The van der Waals surface area contributed by atoms with E-state index >= 15 is 0 Å². The zero-order chi connectivity index (χ0) is 19.6. The first-order valence-corrected chi connectivity index (χ1v) is 10.9. The molecule has 0 saturated heterocycles. The molecule has 0 fully saturated rings. The summed E-state index contributed by atoms with van der Waals surface area (Å²) in [6, 6.07) is 10.8. The summed E-state index contributed by atoms with van der Waals surface area (Å²) >= 11 is 7.28. The summed E-state index contributed by atoms with van der Waals surface area (Å²) in [7, 11) is -4.76. The summed E-state index contributed by atoms with van der Waals surface area (Å²) < 4.78 is 25.7. The monoisotopic (exact) mass is 427 g/mol. The maximum Gasteiger partial charge on any atom is 0.342 e. The van der Waals surface area contributed by atoms with Crippen LogP contribution >= 0.6 is 30.5 Å². The van der Waals surface area contributed by atoms with Gasteiger partial charge in [0.1, 0.15) is 5.82 Å². The standard InChI is InChI=1S/C18H16ClFNO4PS/c19-12-3-6-16-14(9-12)15(10-27-16)17(26(23,24)25)18(22)21-8-7-11-1-4-13(20)5-2-11/h1-6,9-10,17H,7-8H2,(H,21,22)(H2,23,24,25). The van der Waals surface area contributed by atoms with Gasteiger partial charge in [-0.05, 0) is 58.6 Å². The lowest BCUT2D eigenvalue weighted by Gasteiger charge is -2.18. The number of benzene rings is 2. The van der Waals surface area contributed by atoms with Gasteiger partial charge in [0.25, 0.3) is 0 Å². The van der Waals surface area contributed by atoms with Crippen LogP contribution in [0.25, 0.3) is 10.1 Å². The minimum atomic E-state index is -4.76. The number of hydrogen-bond donors (Lipinski definition) is 3. The molecule has 0 saturated carbocycles. The number of amides is 1. The van der Waals surface area contributed by atoms with E-state index in [1.807, 2.05) is 0 Å². The molecule has 5 nitrogen and oxygen atoms in total. The molecular formula is C18H16ClFNO4PS. The first-order valence-electron chi connectivity index (χ1n) is 8.00. The van der Waals surface area contributed by atoms with Crippen LogP contribution in [0.5, 0.6) is 0 Å². The topological polar surface area (TPSA) is 86.6 Å². The number of rotatable bonds is 6. The summed E-state index contributed by atoms with van der Waals surface area (Å²) in [4.78, 5) is 32.1. The van der Waals surface area contributed by atoms with Gasteiger partial charge in [-0.1, -0.05) is 23.7 Å². The molecule has 142 valence electrons. The van der Waals surface area contributed by atoms with Crippen LogP contribution < -0.4 is 5.32 Å². The van der Waals surface area contributed by atoms with Crippen molar-refractivity contribution in [2.24, 2.45) is 0 Å². The maximum absolute atomic E-state index is 12.9. The largest absolute Gasteiger partial charge is 0.355 e. The highest BCUT2D eigenvalue weighted by atomic mass is 35.5. The molecule has 0 aliphatic heterocycles. The van der Waals surface area contributed by atoms with Gasteiger partial charge in [-0.15, -0.1) is 11.3 Å². The Bertz CT molecular complexity index is 1020. The van der Waals surface area contributed by atoms with E-state index in [0.29, 0.717) is 16.8 Å². The van der Waals surface area contributed by atoms with E-state index in [9.17, 15) is 23.5 Å². The Morgan fingerprint density at radius 3 is 2.59 bits per heavy atom. The molecule has 1 heterocycles. The van der Waals surface area contributed by atoms with Gasteiger partial charge >= 0.3 is 7.60 Å². The van der Waals surface area contributed by atoms with Gasteiger partial charge in [-0.3, -0.25) is 9.36 Å². The molecule has 27 heavy (non-hydrogen) atoms. The van der Waals surface area contributed by atoms with Crippen molar-refractivity contribution in [1.82, 2.24) is 5.32 Å². The molecule has 1 amide bonds. The lowest BCUT2D eigenvalue weighted by Crippen LogP contribution is -2.31. The van der Waals surface area contributed by atoms with Crippen LogP contribution in [0.4, 0.5) is 4.39 Å². The first kappa shape index (κ1) is 20.0. The number of halogens is 2. The van der Waals surface area contributed by atoms with Crippen LogP contribution in [-0.2, 0) is 15.8 Å².